The smallest absolute Gasteiger partial charge is 0.115 e. The van der Waals surface area contributed by atoms with Crippen LogP contribution in [0.5, 0.6) is 0 Å². The summed E-state index contributed by atoms with van der Waals surface area (Å²) in [5.41, 5.74) is 1.95. The predicted molar refractivity (Wildman–Crippen MR) is 71.9 cm³/mol. The maximum absolute atomic E-state index is 6.18. The normalized spacial score (nSPS) is 12.6. The van der Waals surface area contributed by atoms with Gasteiger partial charge in [0.05, 0.1) is 14.7 Å². The van der Waals surface area contributed by atoms with Gasteiger partial charge in [-0.05, 0) is 12.6 Å². The molecule has 0 radical (unpaired) electrons. The van der Waals surface area contributed by atoms with Crippen molar-refractivity contribution in [3.8, 4) is 0 Å². The van der Waals surface area contributed by atoms with E-state index >= 15 is 0 Å². The van der Waals surface area contributed by atoms with Gasteiger partial charge in [0, 0.05) is 23.5 Å². The van der Waals surface area contributed by atoms with Crippen molar-refractivity contribution in [3.63, 3.8) is 0 Å². The third-order valence-corrected chi connectivity index (χ3v) is 3.83. The standard InChI is InChI=1S/C11H11Cl2N3S/c1-2-16-10(7-4-14-6-15-5-7)8-3-9(12)17-11(8)13/h3-6,10,16H,2H2,1H3. The molecule has 2 aromatic rings. The van der Waals surface area contributed by atoms with E-state index in [9.17, 15) is 0 Å². The van der Waals surface area contributed by atoms with Gasteiger partial charge in [0.1, 0.15) is 6.33 Å². The predicted octanol–water partition coefficient (Wildman–Crippen LogP) is 3.54. The number of thiophene rings is 1. The Bertz CT molecular complexity index is 487. The Morgan fingerprint density at radius 3 is 2.59 bits per heavy atom. The van der Waals surface area contributed by atoms with Gasteiger partial charge in [-0.2, -0.15) is 0 Å². The molecule has 6 heteroatoms. The maximum atomic E-state index is 6.18. The molecule has 0 aromatic carbocycles. The van der Waals surface area contributed by atoms with Gasteiger partial charge < -0.3 is 5.32 Å². The van der Waals surface area contributed by atoms with Gasteiger partial charge >= 0.3 is 0 Å². The van der Waals surface area contributed by atoms with Crippen molar-refractivity contribution in [3.05, 3.63) is 44.6 Å². The van der Waals surface area contributed by atoms with Gasteiger partial charge in [-0.15, -0.1) is 11.3 Å². The minimum atomic E-state index is -0.0163. The molecule has 0 aliphatic heterocycles. The van der Waals surface area contributed by atoms with Gasteiger partial charge in [0.25, 0.3) is 0 Å². The summed E-state index contributed by atoms with van der Waals surface area (Å²) in [6.07, 6.45) is 5.07. The number of rotatable bonds is 4. The lowest BCUT2D eigenvalue weighted by atomic mass is 10.0. The first kappa shape index (κ1) is 12.8. The van der Waals surface area contributed by atoms with E-state index in [-0.39, 0.29) is 6.04 Å². The molecule has 0 aliphatic rings. The highest BCUT2D eigenvalue weighted by Gasteiger charge is 2.19. The van der Waals surface area contributed by atoms with Crippen LogP contribution in [0.4, 0.5) is 0 Å². The van der Waals surface area contributed by atoms with Crippen molar-refractivity contribution < 1.29 is 0 Å². The van der Waals surface area contributed by atoms with E-state index in [1.807, 2.05) is 13.0 Å². The minimum absolute atomic E-state index is 0.0163. The molecule has 0 bridgehead atoms. The van der Waals surface area contributed by atoms with Crippen LogP contribution >= 0.6 is 34.5 Å². The van der Waals surface area contributed by atoms with Crippen molar-refractivity contribution in [2.75, 3.05) is 6.54 Å². The Kier molecular flexibility index (Phi) is 4.34. The molecule has 2 heterocycles. The molecule has 0 amide bonds. The lowest BCUT2D eigenvalue weighted by molar-refractivity contribution is 0.628. The summed E-state index contributed by atoms with van der Waals surface area (Å²) in [6.45, 7) is 2.86. The molecule has 0 saturated carbocycles. The zero-order valence-corrected chi connectivity index (χ0v) is 11.5. The Labute approximate surface area is 114 Å². The number of hydrogen-bond acceptors (Lipinski definition) is 4. The Balaban J connectivity index is 2.39. The van der Waals surface area contributed by atoms with Gasteiger partial charge in [-0.3, -0.25) is 0 Å². The molecule has 2 rings (SSSR count). The topological polar surface area (TPSA) is 37.8 Å². The summed E-state index contributed by atoms with van der Waals surface area (Å²) in [4.78, 5) is 8.05. The molecule has 17 heavy (non-hydrogen) atoms. The summed E-state index contributed by atoms with van der Waals surface area (Å²) < 4.78 is 1.38. The van der Waals surface area contributed by atoms with Crippen LogP contribution in [0, 0.1) is 0 Å². The number of aromatic nitrogens is 2. The largest absolute Gasteiger partial charge is 0.306 e. The molecule has 0 fully saturated rings. The molecule has 0 spiro atoms. The Morgan fingerprint density at radius 2 is 2.06 bits per heavy atom. The second-order valence-electron chi connectivity index (χ2n) is 3.44. The quantitative estimate of drug-likeness (QED) is 0.935. The lowest BCUT2D eigenvalue weighted by Crippen LogP contribution is -2.22. The first-order chi connectivity index (χ1) is 8.22. The average Bonchev–Trinajstić information content (AvgIpc) is 2.66. The molecular weight excluding hydrogens is 277 g/mol. The number of nitrogens with zero attached hydrogens (tertiary/aromatic N) is 2. The molecule has 90 valence electrons. The third kappa shape index (κ3) is 2.96. The second kappa shape index (κ2) is 5.78. The lowest BCUT2D eigenvalue weighted by Gasteiger charge is -2.16. The van der Waals surface area contributed by atoms with Crippen molar-refractivity contribution in [1.82, 2.24) is 15.3 Å². The Hall–Kier alpha value is -0.680. The summed E-state index contributed by atoms with van der Waals surface area (Å²) >= 11 is 13.5. The molecule has 1 N–H and O–H groups in total. The van der Waals surface area contributed by atoms with E-state index < -0.39 is 0 Å². The van der Waals surface area contributed by atoms with Crippen LogP contribution < -0.4 is 5.32 Å². The van der Waals surface area contributed by atoms with E-state index in [1.54, 1.807) is 12.4 Å². The van der Waals surface area contributed by atoms with E-state index in [0.717, 1.165) is 17.7 Å². The molecular formula is C11H11Cl2N3S. The monoisotopic (exact) mass is 287 g/mol. The fourth-order valence-corrected chi connectivity index (χ4v) is 3.15. The number of nitrogens with one attached hydrogen (secondary N) is 1. The van der Waals surface area contributed by atoms with Crippen molar-refractivity contribution in [2.45, 2.75) is 13.0 Å². The highest BCUT2D eigenvalue weighted by molar-refractivity contribution is 7.20. The van der Waals surface area contributed by atoms with Crippen LogP contribution in [0.15, 0.2) is 24.8 Å². The molecule has 3 nitrogen and oxygen atoms in total. The van der Waals surface area contributed by atoms with Crippen LogP contribution in [0.1, 0.15) is 24.1 Å². The van der Waals surface area contributed by atoms with Crippen molar-refractivity contribution in [1.29, 1.82) is 0 Å². The van der Waals surface area contributed by atoms with Crippen LogP contribution in [-0.4, -0.2) is 16.5 Å². The van der Waals surface area contributed by atoms with Gasteiger partial charge in [-0.1, -0.05) is 30.1 Å². The molecule has 2 aromatic heterocycles. The highest BCUT2D eigenvalue weighted by Crippen LogP contribution is 2.37. The fourth-order valence-electron chi connectivity index (χ4n) is 1.62. The molecule has 0 saturated heterocycles. The van der Waals surface area contributed by atoms with Crippen LogP contribution in [0.3, 0.4) is 0 Å². The molecule has 0 aliphatic carbocycles. The average molecular weight is 288 g/mol. The van der Waals surface area contributed by atoms with Gasteiger partial charge in [0.15, 0.2) is 0 Å². The fraction of sp³-hybridized carbons (Fsp3) is 0.273. The second-order valence-corrected chi connectivity index (χ2v) is 5.73. The van der Waals surface area contributed by atoms with E-state index in [4.69, 9.17) is 23.2 Å². The first-order valence-corrected chi connectivity index (χ1v) is 6.72. The first-order valence-electron chi connectivity index (χ1n) is 5.15. The highest BCUT2D eigenvalue weighted by atomic mass is 35.5. The van der Waals surface area contributed by atoms with Crippen LogP contribution in [0.2, 0.25) is 8.67 Å². The molecule has 1 atom stereocenters. The van der Waals surface area contributed by atoms with Crippen molar-refractivity contribution in [2.24, 2.45) is 0 Å². The molecule has 1 unspecified atom stereocenters. The summed E-state index contributed by atoms with van der Waals surface area (Å²) in [5, 5.41) is 3.35. The zero-order valence-electron chi connectivity index (χ0n) is 9.15. The van der Waals surface area contributed by atoms with Crippen LogP contribution in [0.25, 0.3) is 0 Å². The summed E-state index contributed by atoms with van der Waals surface area (Å²) in [7, 11) is 0. The zero-order chi connectivity index (χ0) is 12.3. The number of hydrogen-bond donors (Lipinski definition) is 1. The van der Waals surface area contributed by atoms with Crippen LogP contribution in [-0.2, 0) is 0 Å². The van der Waals surface area contributed by atoms with Crippen molar-refractivity contribution >= 4 is 34.5 Å². The summed E-state index contributed by atoms with van der Waals surface area (Å²) in [6, 6.07) is 1.87. The number of halogens is 2. The SMILES string of the molecule is CCNC(c1cncnc1)c1cc(Cl)sc1Cl. The summed E-state index contributed by atoms with van der Waals surface area (Å²) in [5.74, 6) is 0. The Morgan fingerprint density at radius 1 is 1.35 bits per heavy atom. The maximum Gasteiger partial charge on any atom is 0.115 e. The van der Waals surface area contributed by atoms with E-state index in [0.29, 0.717) is 8.67 Å². The van der Waals surface area contributed by atoms with Gasteiger partial charge in [0.2, 0.25) is 0 Å². The minimum Gasteiger partial charge on any atom is -0.306 e. The van der Waals surface area contributed by atoms with E-state index in [1.165, 1.54) is 17.7 Å². The third-order valence-electron chi connectivity index (χ3n) is 2.32. The van der Waals surface area contributed by atoms with Gasteiger partial charge in [-0.25, -0.2) is 9.97 Å². The van der Waals surface area contributed by atoms with E-state index in [2.05, 4.69) is 15.3 Å².